The summed E-state index contributed by atoms with van der Waals surface area (Å²) in [5.41, 5.74) is 7.39. The Labute approximate surface area is 97.3 Å². The topological polar surface area (TPSA) is 73.9 Å². The first-order valence-corrected chi connectivity index (χ1v) is 5.56. The monoisotopic (exact) mass is 236 g/mol. The third-order valence-electron chi connectivity index (χ3n) is 2.02. The van der Waals surface area contributed by atoms with Crippen LogP contribution in [0, 0.1) is 6.92 Å². The van der Waals surface area contributed by atoms with Crippen molar-refractivity contribution in [2.75, 3.05) is 12.8 Å². The molecule has 0 amide bonds. The van der Waals surface area contributed by atoms with Gasteiger partial charge in [-0.25, -0.2) is 15.0 Å². The zero-order valence-corrected chi connectivity index (χ0v) is 9.91. The number of nitrogens with zero attached hydrogens (tertiary/aromatic N) is 3. The number of hydrogen-bond acceptors (Lipinski definition) is 6. The summed E-state index contributed by atoms with van der Waals surface area (Å²) < 4.78 is 4.99. The molecule has 0 aliphatic carbocycles. The van der Waals surface area contributed by atoms with Crippen molar-refractivity contribution >= 4 is 16.5 Å². The van der Waals surface area contributed by atoms with E-state index in [4.69, 9.17) is 10.5 Å². The molecule has 0 aromatic carbocycles. The Morgan fingerprint density at radius 1 is 1.44 bits per heavy atom. The van der Waals surface area contributed by atoms with Gasteiger partial charge in [0.1, 0.15) is 6.61 Å². The molecular formula is C10H12N4OS. The van der Waals surface area contributed by atoms with Gasteiger partial charge < -0.3 is 10.5 Å². The van der Waals surface area contributed by atoms with Crippen molar-refractivity contribution in [2.24, 2.45) is 0 Å². The number of nitrogen functional groups attached to an aromatic ring is 1. The number of anilines is 1. The van der Waals surface area contributed by atoms with Gasteiger partial charge in [0, 0.05) is 13.3 Å². The summed E-state index contributed by atoms with van der Waals surface area (Å²) in [6.07, 6.45) is 1.71. The molecule has 0 aliphatic rings. The molecule has 2 rings (SSSR count). The van der Waals surface area contributed by atoms with E-state index in [0.717, 1.165) is 16.3 Å². The van der Waals surface area contributed by atoms with E-state index >= 15 is 0 Å². The van der Waals surface area contributed by atoms with Gasteiger partial charge in [0.25, 0.3) is 0 Å². The molecule has 2 aromatic rings. The van der Waals surface area contributed by atoms with Gasteiger partial charge in [0.05, 0.1) is 16.3 Å². The number of nitrogens with two attached hydrogens (primary N) is 1. The van der Waals surface area contributed by atoms with Gasteiger partial charge in [-0.15, -0.1) is 0 Å². The molecule has 0 bridgehead atoms. The maximum atomic E-state index is 5.65. The number of methoxy groups -OCH3 is 1. The van der Waals surface area contributed by atoms with E-state index in [0.29, 0.717) is 17.6 Å². The lowest BCUT2D eigenvalue weighted by Gasteiger charge is -2.01. The van der Waals surface area contributed by atoms with E-state index < -0.39 is 0 Å². The number of ether oxygens (including phenoxy) is 1. The van der Waals surface area contributed by atoms with E-state index in [1.54, 1.807) is 13.3 Å². The first-order chi connectivity index (χ1) is 7.70. The lowest BCUT2D eigenvalue weighted by atomic mass is 10.3. The second-order valence-electron chi connectivity index (χ2n) is 3.26. The van der Waals surface area contributed by atoms with Crippen LogP contribution >= 0.6 is 11.3 Å². The van der Waals surface area contributed by atoms with Gasteiger partial charge in [-0.2, -0.15) is 0 Å². The van der Waals surface area contributed by atoms with Crippen molar-refractivity contribution < 1.29 is 4.74 Å². The van der Waals surface area contributed by atoms with E-state index in [2.05, 4.69) is 15.0 Å². The van der Waals surface area contributed by atoms with Crippen LogP contribution in [0.3, 0.4) is 0 Å². The fourth-order valence-electron chi connectivity index (χ4n) is 1.38. The predicted molar refractivity (Wildman–Crippen MR) is 63.0 cm³/mol. The van der Waals surface area contributed by atoms with E-state index in [1.165, 1.54) is 11.3 Å². The Hall–Kier alpha value is -1.53. The van der Waals surface area contributed by atoms with Crippen LogP contribution in [0.15, 0.2) is 12.3 Å². The lowest BCUT2D eigenvalue weighted by Crippen LogP contribution is -1.97. The molecule has 0 spiro atoms. The van der Waals surface area contributed by atoms with Crippen molar-refractivity contribution in [2.45, 2.75) is 13.5 Å². The number of aromatic nitrogens is 3. The summed E-state index contributed by atoms with van der Waals surface area (Å²) >= 11 is 1.43. The Morgan fingerprint density at radius 3 is 2.88 bits per heavy atom. The second kappa shape index (κ2) is 4.54. The van der Waals surface area contributed by atoms with Gasteiger partial charge in [-0.05, 0) is 13.0 Å². The summed E-state index contributed by atoms with van der Waals surface area (Å²) in [6.45, 7) is 2.32. The standard InChI is InChI=1S/C10H12N4OS/c1-6-9(16-10(11)13-6)7-3-4-12-8(14-7)5-15-2/h3-4H,5H2,1-2H3,(H2,11,13). The Balaban J connectivity index is 2.40. The lowest BCUT2D eigenvalue weighted by molar-refractivity contribution is 0.178. The molecule has 2 N–H and O–H groups in total. The maximum absolute atomic E-state index is 5.65. The van der Waals surface area contributed by atoms with Crippen molar-refractivity contribution in [3.63, 3.8) is 0 Å². The van der Waals surface area contributed by atoms with E-state index in [9.17, 15) is 0 Å². The highest BCUT2D eigenvalue weighted by Gasteiger charge is 2.10. The van der Waals surface area contributed by atoms with Crippen LogP contribution < -0.4 is 5.73 Å². The average Bonchev–Trinajstić information content (AvgIpc) is 2.59. The molecule has 2 aromatic heterocycles. The molecule has 84 valence electrons. The maximum Gasteiger partial charge on any atom is 0.180 e. The summed E-state index contributed by atoms with van der Waals surface area (Å²) in [5.74, 6) is 0.659. The number of rotatable bonds is 3. The molecule has 6 heteroatoms. The molecule has 5 nitrogen and oxygen atoms in total. The van der Waals surface area contributed by atoms with E-state index in [1.807, 2.05) is 13.0 Å². The quantitative estimate of drug-likeness (QED) is 0.876. The van der Waals surface area contributed by atoms with Gasteiger partial charge in [0.15, 0.2) is 11.0 Å². The van der Waals surface area contributed by atoms with Crippen molar-refractivity contribution in [1.82, 2.24) is 15.0 Å². The van der Waals surface area contributed by atoms with Gasteiger partial charge in [0.2, 0.25) is 0 Å². The molecule has 0 saturated carbocycles. The Bertz CT molecular complexity index is 497. The van der Waals surface area contributed by atoms with Crippen molar-refractivity contribution in [3.05, 3.63) is 23.8 Å². The SMILES string of the molecule is COCc1nccc(-c2sc(N)nc2C)n1. The molecular weight excluding hydrogens is 224 g/mol. The zero-order valence-electron chi connectivity index (χ0n) is 9.10. The summed E-state index contributed by atoms with van der Waals surface area (Å²) in [7, 11) is 1.62. The number of aryl methyl sites for hydroxylation is 1. The molecule has 0 saturated heterocycles. The summed E-state index contributed by atoms with van der Waals surface area (Å²) in [6, 6.07) is 1.85. The van der Waals surface area contributed by atoms with Gasteiger partial charge in [-0.1, -0.05) is 11.3 Å². The molecule has 0 unspecified atom stereocenters. The van der Waals surface area contributed by atoms with Crippen molar-refractivity contribution in [1.29, 1.82) is 0 Å². The highest BCUT2D eigenvalue weighted by molar-refractivity contribution is 7.18. The molecule has 0 fully saturated rings. The van der Waals surface area contributed by atoms with Crippen LogP contribution in [0.5, 0.6) is 0 Å². The highest BCUT2D eigenvalue weighted by atomic mass is 32.1. The normalized spacial score (nSPS) is 10.6. The minimum Gasteiger partial charge on any atom is -0.377 e. The molecule has 0 aliphatic heterocycles. The predicted octanol–water partition coefficient (Wildman–Crippen LogP) is 1.64. The summed E-state index contributed by atoms with van der Waals surface area (Å²) in [4.78, 5) is 13.6. The number of thiazole rings is 1. The second-order valence-corrected chi connectivity index (χ2v) is 4.29. The minimum atomic E-state index is 0.404. The van der Waals surface area contributed by atoms with Crippen LogP contribution in [0.4, 0.5) is 5.13 Å². The average molecular weight is 236 g/mol. The van der Waals surface area contributed by atoms with Gasteiger partial charge in [-0.3, -0.25) is 0 Å². The molecule has 16 heavy (non-hydrogen) atoms. The first kappa shape index (κ1) is 11.0. The largest absolute Gasteiger partial charge is 0.377 e. The molecule has 0 radical (unpaired) electrons. The van der Waals surface area contributed by atoms with Crippen LogP contribution in [0.2, 0.25) is 0 Å². The third-order valence-corrected chi connectivity index (χ3v) is 3.03. The fourth-order valence-corrected chi connectivity index (χ4v) is 2.18. The third kappa shape index (κ3) is 2.17. The molecule has 2 heterocycles. The van der Waals surface area contributed by atoms with Crippen LogP contribution in [-0.2, 0) is 11.3 Å². The van der Waals surface area contributed by atoms with Crippen LogP contribution in [0.25, 0.3) is 10.6 Å². The number of hydrogen-bond donors (Lipinski definition) is 1. The zero-order chi connectivity index (χ0) is 11.5. The summed E-state index contributed by atoms with van der Waals surface area (Å²) in [5, 5.41) is 0.555. The van der Waals surface area contributed by atoms with Crippen LogP contribution in [0.1, 0.15) is 11.5 Å². The Morgan fingerprint density at radius 2 is 2.25 bits per heavy atom. The highest BCUT2D eigenvalue weighted by Crippen LogP contribution is 2.29. The fraction of sp³-hybridized carbons (Fsp3) is 0.300. The first-order valence-electron chi connectivity index (χ1n) is 4.75. The molecule has 0 atom stereocenters. The van der Waals surface area contributed by atoms with Gasteiger partial charge >= 0.3 is 0 Å². The van der Waals surface area contributed by atoms with Crippen molar-refractivity contribution in [3.8, 4) is 10.6 Å². The smallest absolute Gasteiger partial charge is 0.180 e. The Kier molecular flexibility index (Phi) is 3.12. The minimum absolute atomic E-state index is 0.404. The van der Waals surface area contributed by atoms with Crippen LogP contribution in [-0.4, -0.2) is 22.1 Å². The van der Waals surface area contributed by atoms with E-state index in [-0.39, 0.29) is 0 Å².